The minimum atomic E-state index is -3.39. The molecule has 0 aliphatic rings. The number of rotatable bonds is 8. The minimum absolute atomic E-state index is 0.0137. The molecule has 0 saturated heterocycles. The molecule has 0 radical (unpaired) electrons. The smallest absolute Gasteiger partial charge is 0.238 e. The topological polar surface area (TPSA) is 75.3 Å². The van der Waals surface area contributed by atoms with Crippen LogP contribution >= 0.6 is 11.6 Å². The van der Waals surface area contributed by atoms with E-state index in [9.17, 15) is 13.2 Å². The first-order valence-corrected chi connectivity index (χ1v) is 11.9. The molecule has 2 aromatic rings. The van der Waals surface area contributed by atoms with Gasteiger partial charge in [0.05, 0.1) is 22.2 Å². The molecule has 29 heavy (non-hydrogen) atoms. The molecule has 1 atom stereocenters. The Morgan fingerprint density at radius 2 is 1.59 bits per heavy atom. The lowest BCUT2D eigenvalue weighted by Crippen LogP contribution is -2.33. The molecule has 0 bridgehead atoms. The molecule has 2 rings (SSSR count). The first kappa shape index (κ1) is 23.4. The van der Waals surface area contributed by atoms with E-state index in [0.29, 0.717) is 5.92 Å². The largest absolute Gasteiger partial charge is 0.324 e. The van der Waals surface area contributed by atoms with Crippen LogP contribution in [0.2, 0.25) is 5.02 Å². The van der Waals surface area contributed by atoms with Gasteiger partial charge in [0.1, 0.15) is 0 Å². The molecule has 0 saturated carbocycles. The number of carbonyl (C=O) groups excluding carboxylic acids is 1. The van der Waals surface area contributed by atoms with Gasteiger partial charge in [-0.05, 0) is 41.2 Å². The van der Waals surface area contributed by atoms with E-state index in [0.717, 1.165) is 11.8 Å². The molecule has 0 heterocycles. The van der Waals surface area contributed by atoms with Crippen molar-refractivity contribution >= 4 is 33.0 Å². The summed E-state index contributed by atoms with van der Waals surface area (Å²) >= 11 is 6.11. The summed E-state index contributed by atoms with van der Waals surface area (Å²) in [6.07, 6.45) is 1.11. The predicted molar refractivity (Wildman–Crippen MR) is 119 cm³/mol. The highest BCUT2D eigenvalue weighted by Crippen LogP contribution is 2.26. The molecule has 5 nitrogen and oxygen atoms in total. The van der Waals surface area contributed by atoms with Crippen LogP contribution in [0, 0.1) is 5.92 Å². The summed E-state index contributed by atoms with van der Waals surface area (Å²) in [6.45, 7) is 8.58. The van der Waals surface area contributed by atoms with E-state index in [1.165, 1.54) is 23.8 Å². The molecule has 0 aliphatic heterocycles. The first-order chi connectivity index (χ1) is 13.5. The van der Waals surface area contributed by atoms with Crippen LogP contribution in [0.25, 0.3) is 0 Å². The van der Waals surface area contributed by atoms with Gasteiger partial charge < -0.3 is 10.6 Å². The second-order valence-electron chi connectivity index (χ2n) is 7.89. The van der Waals surface area contributed by atoms with Gasteiger partial charge in [-0.1, -0.05) is 63.6 Å². The Hall–Kier alpha value is -1.89. The lowest BCUT2D eigenvalue weighted by molar-refractivity contribution is -0.115. The number of benzene rings is 2. The van der Waals surface area contributed by atoms with Crippen molar-refractivity contribution < 1.29 is 13.2 Å². The molecular formula is C22H29ClN2O3S. The Bertz CT molecular complexity index is 955. The average Bonchev–Trinajstić information content (AvgIpc) is 2.63. The Balaban J connectivity index is 2.08. The monoisotopic (exact) mass is 436 g/mol. The van der Waals surface area contributed by atoms with Crippen molar-refractivity contribution in [1.29, 1.82) is 0 Å². The van der Waals surface area contributed by atoms with Crippen LogP contribution in [-0.4, -0.2) is 27.1 Å². The third-order valence-corrected chi connectivity index (χ3v) is 6.19. The lowest BCUT2D eigenvalue weighted by Gasteiger charge is -2.23. The van der Waals surface area contributed by atoms with Crippen molar-refractivity contribution in [3.8, 4) is 0 Å². The summed E-state index contributed by atoms with van der Waals surface area (Å²) in [5, 5.41) is 6.28. The van der Waals surface area contributed by atoms with Gasteiger partial charge in [-0.15, -0.1) is 0 Å². The summed E-state index contributed by atoms with van der Waals surface area (Å²) in [5.74, 6) is 0.458. The van der Waals surface area contributed by atoms with Gasteiger partial charge >= 0.3 is 0 Å². The van der Waals surface area contributed by atoms with Crippen LogP contribution in [0.1, 0.15) is 50.8 Å². The highest BCUT2D eigenvalue weighted by atomic mass is 35.5. The van der Waals surface area contributed by atoms with E-state index < -0.39 is 9.84 Å². The molecular weight excluding hydrogens is 408 g/mol. The summed E-state index contributed by atoms with van der Waals surface area (Å²) < 4.78 is 23.5. The molecule has 1 amide bonds. The Morgan fingerprint density at radius 1 is 1.00 bits per heavy atom. The van der Waals surface area contributed by atoms with Crippen molar-refractivity contribution in [2.45, 2.75) is 44.6 Å². The zero-order valence-electron chi connectivity index (χ0n) is 17.5. The summed E-state index contributed by atoms with van der Waals surface area (Å²) in [6, 6.07) is 12.7. The van der Waals surface area contributed by atoms with Crippen molar-refractivity contribution in [3.63, 3.8) is 0 Å². The molecule has 2 N–H and O–H groups in total. The Kier molecular flexibility index (Phi) is 7.86. The van der Waals surface area contributed by atoms with Gasteiger partial charge in [-0.3, -0.25) is 4.79 Å². The van der Waals surface area contributed by atoms with Crippen LogP contribution < -0.4 is 10.6 Å². The van der Waals surface area contributed by atoms with Crippen LogP contribution in [0.5, 0.6) is 0 Å². The molecule has 2 aromatic carbocycles. The van der Waals surface area contributed by atoms with E-state index in [1.807, 2.05) is 0 Å². The third kappa shape index (κ3) is 6.56. The average molecular weight is 437 g/mol. The number of hydrogen-bond donors (Lipinski definition) is 2. The first-order valence-electron chi connectivity index (χ1n) is 9.61. The van der Waals surface area contributed by atoms with Crippen molar-refractivity contribution in [2.24, 2.45) is 5.92 Å². The normalized spacial score (nSPS) is 13.0. The highest BCUT2D eigenvalue weighted by Gasteiger charge is 2.18. The highest BCUT2D eigenvalue weighted by molar-refractivity contribution is 7.90. The number of anilines is 1. The van der Waals surface area contributed by atoms with Gasteiger partial charge in [0, 0.05) is 12.3 Å². The van der Waals surface area contributed by atoms with Crippen molar-refractivity contribution in [3.05, 3.63) is 58.6 Å². The van der Waals surface area contributed by atoms with Crippen molar-refractivity contribution in [2.75, 3.05) is 18.1 Å². The van der Waals surface area contributed by atoms with Gasteiger partial charge in [0.15, 0.2) is 9.84 Å². The van der Waals surface area contributed by atoms with E-state index in [2.05, 4.69) is 62.6 Å². The second-order valence-corrected chi connectivity index (χ2v) is 10.3. The quantitative estimate of drug-likeness (QED) is 0.623. The lowest BCUT2D eigenvalue weighted by atomic mass is 9.93. The third-order valence-electron chi connectivity index (χ3n) is 4.75. The van der Waals surface area contributed by atoms with Gasteiger partial charge in [0.25, 0.3) is 0 Å². The van der Waals surface area contributed by atoms with Crippen LogP contribution in [0.4, 0.5) is 5.69 Å². The maximum atomic E-state index is 12.4. The standard InChI is InChI=1S/C22H29ClN2O3S/c1-14(2)16-6-8-17(9-7-16)22(15(3)4)24-13-21(26)25-20-12-18(29(5,27)28)10-11-19(20)23/h6-12,14-15,22,24H,13H2,1-5H3,(H,25,26). The zero-order valence-corrected chi connectivity index (χ0v) is 19.1. The number of carbonyl (C=O) groups is 1. The SMILES string of the molecule is CC(C)c1ccc(C(NCC(=O)Nc2cc(S(C)(=O)=O)ccc2Cl)C(C)C)cc1. The number of amides is 1. The maximum absolute atomic E-state index is 12.4. The van der Waals surface area contributed by atoms with Gasteiger partial charge in [-0.2, -0.15) is 0 Å². The number of nitrogens with one attached hydrogen (secondary N) is 2. The molecule has 7 heteroatoms. The van der Waals surface area contributed by atoms with E-state index in [-0.39, 0.29) is 40.0 Å². The Morgan fingerprint density at radius 3 is 2.10 bits per heavy atom. The van der Waals surface area contributed by atoms with Crippen molar-refractivity contribution in [1.82, 2.24) is 5.32 Å². The van der Waals surface area contributed by atoms with Gasteiger partial charge in [0.2, 0.25) is 5.91 Å². The summed E-state index contributed by atoms with van der Waals surface area (Å²) in [5.41, 5.74) is 2.67. The summed E-state index contributed by atoms with van der Waals surface area (Å²) in [4.78, 5) is 12.6. The maximum Gasteiger partial charge on any atom is 0.238 e. The molecule has 1 unspecified atom stereocenters. The summed E-state index contributed by atoms with van der Waals surface area (Å²) in [7, 11) is -3.39. The Labute approximate surface area is 178 Å². The molecule has 0 aromatic heterocycles. The molecule has 0 fully saturated rings. The molecule has 158 valence electrons. The predicted octanol–water partition coefficient (Wildman–Crippen LogP) is 4.79. The fourth-order valence-corrected chi connectivity index (χ4v) is 3.87. The van der Waals surface area contributed by atoms with Crippen LogP contribution in [0.15, 0.2) is 47.4 Å². The fraction of sp³-hybridized carbons (Fsp3) is 0.409. The van der Waals surface area contributed by atoms with E-state index >= 15 is 0 Å². The van der Waals surface area contributed by atoms with Gasteiger partial charge in [-0.25, -0.2) is 8.42 Å². The fourth-order valence-electron chi connectivity index (χ4n) is 3.05. The van der Waals surface area contributed by atoms with E-state index in [4.69, 9.17) is 11.6 Å². The van der Waals surface area contributed by atoms with Crippen LogP contribution in [0.3, 0.4) is 0 Å². The molecule has 0 aliphatic carbocycles. The second kappa shape index (κ2) is 9.74. The van der Waals surface area contributed by atoms with E-state index in [1.54, 1.807) is 0 Å². The zero-order chi connectivity index (χ0) is 21.8. The molecule has 0 spiro atoms. The number of halogens is 1. The minimum Gasteiger partial charge on any atom is -0.324 e. The number of sulfone groups is 1. The number of hydrogen-bond acceptors (Lipinski definition) is 4. The van der Waals surface area contributed by atoms with Crippen LogP contribution in [-0.2, 0) is 14.6 Å².